The Hall–Kier alpha value is -3.02. The van der Waals surface area contributed by atoms with Crippen LogP contribution >= 0.6 is 0 Å². The molecule has 6 heteroatoms. The molecule has 0 spiro atoms. The molecule has 0 radical (unpaired) electrons. The molecule has 21 heavy (non-hydrogen) atoms. The second-order valence-electron chi connectivity index (χ2n) is 4.57. The molecule has 6 nitrogen and oxygen atoms in total. The van der Waals surface area contributed by atoms with E-state index in [1.165, 1.54) is 6.33 Å². The lowest BCUT2D eigenvalue weighted by atomic mass is 10.2. The highest BCUT2D eigenvalue weighted by Crippen LogP contribution is 2.24. The lowest BCUT2D eigenvalue weighted by Crippen LogP contribution is -2.01. The number of hydrogen-bond acceptors (Lipinski definition) is 5. The van der Waals surface area contributed by atoms with Gasteiger partial charge in [0.25, 0.3) is 0 Å². The van der Waals surface area contributed by atoms with E-state index in [0.717, 1.165) is 27.7 Å². The van der Waals surface area contributed by atoms with Crippen LogP contribution in [0.1, 0.15) is 0 Å². The Balaban J connectivity index is 2.02. The van der Waals surface area contributed by atoms with Gasteiger partial charge in [-0.05, 0) is 24.3 Å². The number of fused-ring (bicyclic) bond motifs is 2. The van der Waals surface area contributed by atoms with Crippen molar-refractivity contribution in [3.8, 4) is 11.6 Å². The zero-order valence-electron chi connectivity index (χ0n) is 11.3. The fraction of sp³-hybridized carbons (Fsp3) is 0.0667. The van der Waals surface area contributed by atoms with Gasteiger partial charge < -0.3 is 4.74 Å². The Bertz CT molecular complexity index is 947. The minimum Gasteiger partial charge on any atom is -0.497 e. The van der Waals surface area contributed by atoms with E-state index in [4.69, 9.17) is 4.74 Å². The number of nitrogens with zero attached hydrogens (tertiary/aromatic N) is 5. The van der Waals surface area contributed by atoms with Crippen molar-refractivity contribution < 1.29 is 4.74 Å². The third-order valence-electron chi connectivity index (χ3n) is 3.38. The number of rotatable bonds is 2. The van der Waals surface area contributed by atoms with Crippen LogP contribution in [-0.4, -0.2) is 32.1 Å². The van der Waals surface area contributed by atoms with Crippen LogP contribution in [-0.2, 0) is 0 Å². The largest absolute Gasteiger partial charge is 0.497 e. The second-order valence-corrected chi connectivity index (χ2v) is 4.57. The number of hydrogen-bond donors (Lipinski definition) is 0. The van der Waals surface area contributed by atoms with Crippen molar-refractivity contribution in [3.63, 3.8) is 0 Å². The highest BCUT2D eigenvalue weighted by Gasteiger charge is 2.11. The molecule has 2 aromatic carbocycles. The Morgan fingerprint density at radius 3 is 2.81 bits per heavy atom. The van der Waals surface area contributed by atoms with Crippen molar-refractivity contribution in [2.24, 2.45) is 0 Å². The minimum absolute atomic E-state index is 0.705. The lowest BCUT2D eigenvalue weighted by Gasteiger charge is -2.06. The lowest BCUT2D eigenvalue weighted by molar-refractivity contribution is 0.415. The summed E-state index contributed by atoms with van der Waals surface area (Å²) in [5.74, 6) is 1.46. The van der Waals surface area contributed by atoms with Gasteiger partial charge in [-0.2, -0.15) is 4.68 Å². The quantitative estimate of drug-likeness (QED) is 0.562. The predicted octanol–water partition coefficient (Wildman–Crippen LogP) is 2.37. The van der Waals surface area contributed by atoms with Gasteiger partial charge >= 0.3 is 0 Å². The molecule has 0 atom stereocenters. The van der Waals surface area contributed by atoms with E-state index in [2.05, 4.69) is 20.3 Å². The highest BCUT2D eigenvalue weighted by molar-refractivity contribution is 5.88. The zero-order valence-corrected chi connectivity index (χ0v) is 11.3. The van der Waals surface area contributed by atoms with Crippen molar-refractivity contribution in [1.82, 2.24) is 25.0 Å². The number of aromatic nitrogens is 5. The number of ether oxygens (including phenoxy) is 1. The molecule has 0 amide bonds. The fourth-order valence-corrected chi connectivity index (χ4v) is 2.34. The second kappa shape index (κ2) is 4.52. The average Bonchev–Trinajstić information content (AvgIpc) is 2.97. The van der Waals surface area contributed by atoms with Crippen LogP contribution in [0.25, 0.3) is 27.8 Å². The van der Waals surface area contributed by atoms with E-state index in [1.807, 2.05) is 42.5 Å². The third-order valence-corrected chi connectivity index (χ3v) is 3.38. The van der Waals surface area contributed by atoms with Gasteiger partial charge in [-0.25, -0.2) is 9.97 Å². The molecule has 0 aliphatic rings. The van der Waals surface area contributed by atoms with Crippen molar-refractivity contribution >= 4 is 21.9 Å². The maximum Gasteiger partial charge on any atom is 0.167 e. The Labute approximate surface area is 120 Å². The third kappa shape index (κ3) is 1.80. The van der Waals surface area contributed by atoms with Crippen molar-refractivity contribution in [1.29, 1.82) is 0 Å². The smallest absolute Gasteiger partial charge is 0.167 e. The van der Waals surface area contributed by atoms with Gasteiger partial charge in [0.05, 0.1) is 18.1 Å². The SMILES string of the molecule is COc1ccc2c(-n3nnc4ccccc43)ncnc2c1. The molecule has 4 aromatic rings. The standard InChI is InChI=1S/C15H11N5O/c1-21-10-6-7-11-13(8-10)16-9-17-15(11)20-14-5-3-2-4-12(14)18-19-20/h2-9H,1H3. The number of para-hydroxylation sites is 1. The topological polar surface area (TPSA) is 65.7 Å². The highest BCUT2D eigenvalue weighted by atomic mass is 16.5. The molecular weight excluding hydrogens is 266 g/mol. The molecular formula is C15H11N5O. The van der Waals surface area contributed by atoms with Crippen LogP contribution in [0.15, 0.2) is 48.8 Å². The molecule has 2 heterocycles. The van der Waals surface area contributed by atoms with Gasteiger partial charge in [0.2, 0.25) is 0 Å². The average molecular weight is 277 g/mol. The van der Waals surface area contributed by atoms with Crippen molar-refractivity contribution in [2.45, 2.75) is 0 Å². The van der Waals surface area contributed by atoms with Crippen LogP contribution in [0.2, 0.25) is 0 Å². The normalized spacial score (nSPS) is 11.1. The number of methoxy groups -OCH3 is 1. The Morgan fingerprint density at radius 2 is 1.90 bits per heavy atom. The van der Waals surface area contributed by atoms with Gasteiger partial charge in [0, 0.05) is 11.5 Å². The first-order chi connectivity index (χ1) is 10.4. The van der Waals surface area contributed by atoms with Crippen LogP contribution in [0.5, 0.6) is 5.75 Å². The van der Waals surface area contributed by atoms with Gasteiger partial charge in [-0.1, -0.05) is 17.3 Å². The van der Waals surface area contributed by atoms with Crippen LogP contribution in [0.4, 0.5) is 0 Å². The summed E-state index contributed by atoms with van der Waals surface area (Å²) in [6, 6.07) is 13.5. The molecule has 0 N–H and O–H groups in total. The predicted molar refractivity (Wildman–Crippen MR) is 78.5 cm³/mol. The van der Waals surface area contributed by atoms with E-state index >= 15 is 0 Å². The fourth-order valence-electron chi connectivity index (χ4n) is 2.34. The summed E-state index contributed by atoms with van der Waals surface area (Å²) >= 11 is 0. The number of benzene rings is 2. The first-order valence-corrected chi connectivity index (χ1v) is 6.46. The van der Waals surface area contributed by atoms with Crippen LogP contribution < -0.4 is 4.74 Å². The summed E-state index contributed by atoms with van der Waals surface area (Å²) < 4.78 is 6.96. The van der Waals surface area contributed by atoms with Gasteiger partial charge in [-0.15, -0.1) is 5.10 Å². The first-order valence-electron chi connectivity index (χ1n) is 6.46. The van der Waals surface area contributed by atoms with E-state index in [0.29, 0.717) is 5.82 Å². The van der Waals surface area contributed by atoms with E-state index in [9.17, 15) is 0 Å². The summed E-state index contributed by atoms with van der Waals surface area (Å²) in [6.07, 6.45) is 1.52. The molecule has 0 fully saturated rings. The van der Waals surface area contributed by atoms with Crippen LogP contribution in [0, 0.1) is 0 Å². The van der Waals surface area contributed by atoms with Gasteiger partial charge in [0.1, 0.15) is 17.6 Å². The van der Waals surface area contributed by atoms with Gasteiger partial charge in [0.15, 0.2) is 5.82 Å². The molecule has 0 unspecified atom stereocenters. The van der Waals surface area contributed by atoms with E-state index in [1.54, 1.807) is 11.8 Å². The molecule has 0 saturated heterocycles. The molecule has 0 bridgehead atoms. The van der Waals surface area contributed by atoms with Crippen LogP contribution in [0.3, 0.4) is 0 Å². The molecule has 102 valence electrons. The Morgan fingerprint density at radius 1 is 1.00 bits per heavy atom. The molecule has 0 aliphatic heterocycles. The molecule has 2 aromatic heterocycles. The van der Waals surface area contributed by atoms with E-state index in [-0.39, 0.29) is 0 Å². The monoisotopic (exact) mass is 277 g/mol. The van der Waals surface area contributed by atoms with Gasteiger partial charge in [-0.3, -0.25) is 0 Å². The first kappa shape index (κ1) is 11.8. The maximum absolute atomic E-state index is 5.23. The molecule has 4 rings (SSSR count). The Kier molecular flexibility index (Phi) is 2.53. The molecule has 0 aliphatic carbocycles. The van der Waals surface area contributed by atoms with Crippen molar-refractivity contribution in [3.05, 3.63) is 48.8 Å². The summed E-state index contributed by atoms with van der Waals surface area (Å²) in [4.78, 5) is 8.65. The summed E-state index contributed by atoms with van der Waals surface area (Å²) in [5.41, 5.74) is 2.55. The zero-order chi connectivity index (χ0) is 14.2. The van der Waals surface area contributed by atoms with Crippen molar-refractivity contribution in [2.75, 3.05) is 7.11 Å². The summed E-state index contributed by atoms with van der Waals surface area (Å²) in [5, 5.41) is 9.26. The van der Waals surface area contributed by atoms with E-state index < -0.39 is 0 Å². The summed E-state index contributed by atoms with van der Waals surface area (Å²) in [7, 11) is 1.63. The minimum atomic E-state index is 0.705. The summed E-state index contributed by atoms with van der Waals surface area (Å²) in [6.45, 7) is 0. The molecule has 0 saturated carbocycles. The maximum atomic E-state index is 5.23.